The average Bonchev–Trinajstić information content (AvgIpc) is 2.69. The maximum atomic E-state index is 13.2. The van der Waals surface area contributed by atoms with Crippen LogP contribution in [0.5, 0.6) is 5.75 Å². The highest BCUT2D eigenvalue weighted by Gasteiger charge is 2.22. The SMILES string of the molecule is Fc1ccc(-c2cccc3c2CC(CNCc2ccccn2)CO3)cc1. The van der Waals surface area contributed by atoms with Crippen LogP contribution < -0.4 is 10.1 Å². The summed E-state index contributed by atoms with van der Waals surface area (Å²) >= 11 is 0. The molecule has 0 saturated heterocycles. The summed E-state index contributed by atoms with van der Waals surface area (Å²) in [6.07, 6.45) is 2.75. The van der Waals surface area contributed by atoms with Crippen LogP contribution in [0.25, 0.3) is 11.1 Å². The number of aromatic nitrogens is 1. The Balaban J connectivity index is 1.46. The summed E-state index contributed by atoms with van der Waals surface area (Å²) in [5.74, 6) is 1.12. The number of nitrogens with zero attached hydrogens (tertiary/aromatic N) is 1. The molecule has 0 spiro atoms. The highest BCUT2D eigenvalue weighted by atomic mass is 19.1. The lowest BCUT2D eigenvalue weighted by Crippen LogP contribution is -2.31. The van der Waals surface area contributed by atoms with E-state index < -0.39 is 0 Å². The third-order valence-electron chi connectivity index (χ3n) is 4.72. The molecule has 1 aliphatic heterocycles. The Morgan fingerprint density at radius 2 is 1.92 bits per heavy atom. The molecule has 0 amide bonds. The Bertz CT molecular complexity index is 865. The lowest BCUT2D eigenvalue weighted by Gasteiger charge is -2.27. The van der Waals surface area contributed by atoms with Crippen molar-refractivity contribution in [1.82, 2.24) is 10.3 Å². The van der Waals surface area contributed by atoms with Crippen molar-refractivity contribution in [2.75, 3.05) is 13.2 Å². The molecule has 2 heterocycles. The molecule has 0 saturated carbocycles. The van der Waals surface area contributed by atoms with Gasteiger partial charge in [0.2, 0.25) is 0 Å². The molecule has 0 radical (unpaired) electrons. The van der Waals surface area contributed by atoms with Crippen LogP contribution in [-0.2, 0) is 13.0 Å². The number of benzene rings is 2. The van der Waals surface area contributed by atoms with Crippen LogP contribution in [0.3, 0.4) is 0 Å². The van der Waals surface area contributed by atoms with Gasteiger partial charge in [0.05, 0.1) is 12.3 Å². The Kier molecular flexibility index (Phi) is 4.93. The molecule has 0 aliphatic carbocycles. The molecule has 4 heteroatoms. The van der Waals surface area contributed by atoms with E-state index in [0.717, 1.165) is 42.1 Å². The van der Waals surface area contributed by atoms with E-state index in [4.69, 9.17) is 4.74 Å². The van der Waals surface area contributed by atoms with E-state index in [2.05, 4.69) is 16.4 Å². The van der Waals surface area contributed by atoms with Gasteiger partial charge in [0.1, 0.15) is 11.6 Å². The van der Waals surface area contributed by atoms with Gasteiger partial charge in [-0.25, -0.2) is 4.39 Å². The van der Waals surface area contributed by atoms with Crippen molar-refractivity contribution in [3.05, 3.63) is 83.9 Å². The van der Waals surface area contributed by atoms with Gasteiger partial charge in [-0.1, -0.05) is 30.3 Å². The van der Waals surface area contributed by atoms with Crippen molar-refractivity contribution in [2.24, 2.45) is 5.92 Å². The number of nitrogens with one attached hydrogen (secondary N) is 1. The standard InChI is InChI=1S/C22H21FN2O/c23-18-9-7-17(8-10-18)20-5-3-6-22-21(20)12-16(15-26-22)13-24-14-19-4-1-2-11-25-19/h1-11,16,24H,12-15H2. The summed E-state index contributed by atoms with van der Waals surface area (Å²) in [5.41, 5.74) is 4.39. The van der Waals surface area contributed by atoms with E-state index in [1.54, 1.807) is 0 Å². The van der Waals surface area contributed by atoms with Crippen LogP contribution in [0.2, 0.25) is 0 Å². The van der Waals surface area contributed by atoms with Crippen molar-refractivity contribution in [3.8, 4) is 16.9 Å². The largest absolute Gasteiger partial charge is 0.493 e. The molecule has 1 atom stereocenters. The molecule has 1 aliphatic rings. The van der Waals surface area contributed by atoms with Crippen molar-refractivity contribution in [2.45, 2.75) is 13.0 Å². The second kappa shape index (κ2) is 7.67. The fourth-order valence-electron chi connectivity index (χ4n) is 3.40. The first kappa shape index (κ1) is 16.7. The number of pyridine rings is 1. The van der Waals surface area contributed by atoms with Gasteiger partial charge in [-0.2, -0.15) is 0 Å². The molecule has 2 aromatic carbocycles. The molecule has 4 rings (SSSR count). The summed E-state index contributed by atoms with van der Waals surface area (Å²) < 4.78 is 19.2. The maximum Gasteiger partial charge on any atom is 0.123 e. The minimum atomic E-state index is -0.216. The molecule has 1 aromatic heterocycles. The lowest BCUT2D eigenvalue weighted by atomic mass is 9.90. The molecule has 0 bridgehead atoms. The molecule has 0 fully saturated rings. The molecular weight excluding hydrogens is 327 g/mol. The maximum absolute atomic E-state index is 13.2. The van der Waals surface area contributed by atoms with Crippen LogP contribution in [0.15, 0.2) is 66.9 Å². The van der Waals surface area contributed by atoms with Crippen molar-refractivity contribution >= 4 is 0 Å². The lowest BCUT2D eigenvalue weighted by molar-refractivity contribution is 0.218. The fraction of sp³-hybridized carbons (Fsp3) is 0.227. The summed E-state index contributed by atoms with van der Waals surface area (Å²) in [6, 6.07) is 18.7. The van der Waals surface area contributed by atoms with Gasteiger partial charge in [0.25, 0.3) is 0 Å². The first-order chi connectivity index (χ1) is 12.8. The van der Waals surface area contributed by atoms with Gasteiger partial charge in [-0.05, 0) is 47.9 Å². The Morgan fingerprint density at radius 1 is 1.04 bits per heavy atom. The predicted molar refractivity (Wildman–Crippen MR) is 100 cm³/mol. The number of rotatable bonds is 5. The van der Waals surface area contributed by atoms with Crippen LogP contribution in [0.4, 0.5) is 4.39 Å². The second-order valence-corrected chi connectivity index (χ2v) is 6.62. The summed E-state index contributed by atoms with van der Waals surface area (Å²) in [7, 11) is 0. The summed E-state index contributed by atoms with van der Waals surface area (Å²) in [4.78, 5) is 4.33. The Labute approximate surface area is 152 Å². The van der Waals surface area contributed by atoms with Crippen LogP contribution in [0.1, 0.15) is 11.3 Å². The minimum Gasteiger partial charge on any atom is -0.493 e. The molecular formula is C22H21FN2O. The van der Waals surface area contributed by atoms with Crippen molar-refractivity contribution in [1.29, 1.82) is 0 Å². The van der Waals surface area contributed by atoms with Crippen molar-refractivity contribution < 1.29 is 9.13 Å². The highest BCUT2D eigenvalue weighted by molar-refractivity contribution is 5.70. The molecule has 3 nitrogen and oxygen atoms in total. The van der Waals surface area contributed by atoms with Gasteiger partial charge in [-0.3, -0.25) is 4.98 Å². The van der Waals surface area contributed by atoms with Gasteiger partial charge < -0.3 is 10.1 Å². The van der Waals surface area contributed by atoms with E-state index in [-0.39, 0.29) is 5.82 Å². The van der Waals surface area contributed by atoms with Crippen LogP contribution in [-0.4, -0.2) is 18.1 Å². The van der Waals surface area contributed by atoms with Gasteiger partial charge in [-0.15, -0.1) is 0 Å². The van der Waals surface area contributed by atoms with Crippen LogP contribution >= 0.6 is 0 Å². The molecule has 132 valence electrons. The third-order valence-corrected chi connectivity index (χ3v) is 4.72. The zero-order valence-electron chi connectivity index (χ0n) is 14.5. The van der Waals surface area contributed by atoms with Gasteiger partial charge in [0, 0.05) is 30.8 Å². The van der Waals surface area contributed by atoms with Gasteiger partial charge >= 0.3 is 0 Å². The highest BCUT2D eigenvalue weighted by Crippen LogP contribution is 2.35. The normalized spacial score (nSPS) is 16.0. The monoisotopic (exact) mass is 348 g/mol. The predicted octanol–water partition coefficient (Wildman–Crippen LogP) is 4.23. The molecule has 3 aromatic rings. The van der Waals surface area contributed by atoms with Gasteiger partial charge in [0.15, 0.2) is 0 Å². The topological polar surface area (TPSA) is 34.2 Å². The number of hydrogen-bond acceptors (Lipinski definition) is 3. The number of hydrogen-bond donors (Lipinski definition) is 1. The first-order valence-electron chi connectivity index (χ1n) is 8.91. The molecule has 26 heavy (non-hydrogen) atoms. The van der Waals surface area contributed by atoms with E-state index in [9.17, 15) is 4.39 Å². The van der Waals surface area contributed by atoms with E-state index in [1.807, 2.05) is 48.7 Å². The summed E-state index contributed by atoms with van der Waals surface area (Å²) in [6.45, 7) is 2.33. The van der Waals surface area contributed by atoms with E-state index >= 15 is 0 Å². The Hall–Kier alpha value is -2.72. The average molecular weight is 348 g/mol. The smallest absolute Gasteiger partial charge is 0.123 e. The summed E-state index contributed by atoms with van der Waals surface area (Å²) in [5, 5.41) is 3.48. The van der Waals surface area contributed by atoms with E-state index in [0.29, 0.717) is 12.5 Å². The fourth-order valence-corrected chi connectivity index (χ4v) is 3.40. The van der Waals surface area contributed by atoms with Crippen LogP contribution in [0, 0.1) is 11.7 Å². The molecule has 1 unspecified atom stereocenters. The zero-order chi connectivity index (χ0) is 17.8. The number of ether oxygens (including phenoxy) is 1. The van der Waals surface area contributed by atoms with Crippen molar-refractivity contribution in [3.63, 3.8) is 0 Å². The first-order valence-corrected chi connectivity index (χ1v) is 8.91. The van der Waals surface area contributed by atoms with E-state index in [1.165, 1.54) is 17.7 Å². The number of fused-ring (bicyclic) bond motifs is 1. The zero-order valence-corrected chi connectivity index (χ0v) is 14.5. The minimum absolute atomic E-state index is 0.216. The Morgan fingerprint density at radius 3 is 2.73 bits per heavy atom. The number of halogens is 1. The molecule has 1 N–H and O–H groups in total. The third kappa shape index (κ3) is 3.75. The quantitative estimate of drug-likeness (QED) is 0.749. The second-order valence-electron chi connectivity index (χ2n) is 6.62.